The van der Waals surface area contributed by atoms with Gasteiger partial charge in [-0.25, -0.2) is 21.6 Å². The number of nitrogens with one attached hydrogen (secondary N) is 1. The van der Waals surface area contributed by atoms with E-state index in [0.29, 0.717) is 37.9 Å². The molecule has 1 saturated heterocycles. The maximum absolute atomic E-state index is 14.2. The quantitative estimate of drug-likeness (QED) is 0.315. The van der Waals surface area contributed by atoms with Gasteiger partial charge in [-0.2, -0.15) is 10.3 Å². The van der Waals surface area contributed by atoms with Gasteiger partial charge in [0.2, 0.25) is 0 Å². The Kier molecular flexibility index (Phi) is 7.98. The summed E-state index contributed by atoms with van der Waals surface area (Å²) in [4.78, 5) is 18.7. The molecule has 1 amide bonds. The standard InChI is InChI=1S/C31H27ClF3N3O4S/c32-24-9-7-19(31(39)37-21-12-25(33)28(35)26(34)13-21)11-27(24)43(40,41)30-18-6-8-22(30)23(10-18)29-20(14-36)16-42-38(29)15-17-4-2-1-3-5-17/h1-5,7,9,11-13,18,20,22-23,29-30H,6,8,10,15-16H2,(H,37,39)/t18-,20?,22?,23?,29?,30?/m0/s1. The van der Waals surface area contributed by atoms with E-state index in [-0.39, 0.29) is 51.6 Å². The lowest BCUT2D eigenvalue weighted by Gasteiger charge is -2.34. The lowest BCUT2D eigenvalue weighted by atomic mass is 9.78. The van der Waals surface area contributed by atoms with Gasteiger partial charge in [0, 0.05) is 29.9 Å². The topological polar surface area (TPSA) is 99.5 Å². The fourth-order valence-corrected chi connectivity index (χ4v) is 10.1. The predicted molar refractivity (Wildman–Crippen MR) is 152 cm³/mol. The number of hydrogen-bond donors (Lipinski definition) is 1. The highest BCUT2D eigenvalue weighted by Crippen LogP contribution is 2.56. The minimum absolute atomic E-state index is 0.0527. The number of carbonyl (C=O) groups is 1. The summed E-state index contributed by atoms with van der Waals surface area (Å²) in [5, 5.41) is 13.2. The fourth-order valence-electron chi connectivity index (χ4n) is 7.14. The van der Waals surface area contributed by atoms with E-state index in [4.69, 9.17) is 16.4 Å². The first-order valence-corrected chi connectivity index (χ1v) is 15.8. The molecule has 1 heterocycles. The molecule has 6 atom stereocenters. The zero-order chi connectivity index (χ0) is 30.5. The first kappa shape index (κ1) is 29.6. The molecule has 6 rings (SSSR count). The van der Waals surface area contributed by atoms with Crippen LogP contribution >= 0.6 is 11.6 Å². The fraction of sp³-hybridized carbons (Fsp3) is 0.355. The summed E-state index contributed by atoms with van der Waals surface area (Å²) in [6.45, 7) is 0.712. The van der Waals surface area contributed by atoms with Crippen molar-refractivity contribution in [2.45, 2.75) is 42.0 Å². The van der Waals surface area contributed by atoms with Crippen LogP contribution in [0.15, 0.2) is 65.6 Å². The van der Waals surface area contributed by atoms with Crippen LogP contribution in [0.1, 0.15) is 35.2 Å². The number of nitrogens with zero attached hydrogens (tertiary/aromatic N) is 2. The molecule has 12 heteroatoms. The first-order chi connectivity index (χ1) is 20.6. The van der Waals surface area contributed by atoms with Crippen LogP contribution in [0.2, 0.25) is 5.02 Å². The largest absolute Gasteiger partial charge is 0.322 e. The van der Waals surface area contributed by atoms with Crippen LogP contribution in [0.4, 0.5) is 18.9 Å². The Balaban J connectivity index is 1.26. The highest BCUT2D eigenvalue weighted by molar-refractivity contribution is 7.92. The van der Waals surface area contributed by atoms with Gasteiger partial charge in [-0.15, -0.1) is 0 Å². The Bertz CT molecular complexity index is 1700. The molecule has 0 radical (unpaired) electrons. The maximum Gasteiger partial charge on any atom is 0.255 e. The second-order valence-electron chi connectivity index (χ2n) is 11.3. The minimum Gasteiger partial charge on any atom is -0.322 e. The summed E-state index contributed by atoms with van der Waals surface area (Å²) in [7, 11) is -4.04. The number of sulfone groups is 1. The van der Waals surface area contributed by atoms with Crippen LogP contribution in [0.25, 0.3) is 0 Å². The predicted octanol–water partition coefficient (Wildman–Crippen LogP) is 6.15. The Labute approximate surface area is 252 Å². The first-order valence-electron chi connectivity index (χ1n) is 13.9. The van der Waals surface area contributed by atoms with Crippen molar-refractivity contribution in [1.29, 1.82) is 5.26 Å². The zero-order valence-electron chi connectivity index (χ0n) is 22.7. The van der Waals surface area contributed by atoms with Crippen LogP contribution in [-0.4, -0.2) is 37.3 Å². The van der Waals surface area contributed by atoms with Gasteiger partial charge in [-0.05, 0) is 60.8 Å². The summed E-state index contributed by atoms with van der Waals surface area (Å²) in [6, 6.07) is 16.8. The van der Waals surface area contributed by atoms with E-state index in [2.05, 4.69) is 11.4 Å². The molecule has 3 aromatic rings. The van der Waals surface area contributed by atoms with Gasteiger partial charge < -0.3 is 5.32 Å². The van der Waals surface area contributed by atoms with Gasteiger partial charge in [0.1, 0.15) is 0 Å². The molecule has 2 bridgehead atoms. The van der Waals surface area contributed by atoms with Crippen LogP contribution in [0.5, 0.6) is 0 Å². The molecular formula is C31H27ClF3N3O4S. The molecule has 43 heavy (non-hydrogen) atoms. The molecular weight excluding hydrogens is 603 g/mol. The third-order valence-electron chi connectivity index (χ3n) is 8.93. The van der Waals surface area contributed by atoms with E-state index in [1.165, 1.54) is 12.1 Å². The zero-order valence-corrected chi connectivity index (χ0v) is 24.3. The molecule has 224 valence electrons. The highest BCUT2D eigenvalue weighted by Gasteiger charge is 2.59. The number of benzene rings is 3. The number of nitriles is 1. The van der Waals surface area contributed by atoms with Crippen LogP contribution in [-0.2, 0) is 21.2 Å². The van der Waals surface area contributed by atoms with Crippen molar-refractivity contribution < 1.29 is 31.2 Å². The van der Waals surface area contributed by atoms with Gasteiger partial charge in [-0.1, -0.05) is 41.9 Å². The molecule has 3 aromatic carbocycles. The minimum atomic E-state index is -4.04. The van der Waals surface area contributed by atoms with Crippen molar-refractivity contribution >= 4 is 33.0 Å². The van der Waals surface area contributed by atoms with E-state index in [9.17, 15) is 31.6 Å². The van der Waals surface area contributed by atoms with E-state index in [1.54, 1.807) is 0 Å². The van der Waals surface area contributed by atoms with Crippen molar-refractivity contribution in [3.8, 4) is 6.07 Å². The summed E-state index contributed by atoms with van der Waals surface area (Å²) < 4.78 is 69.0. The van der Waals surface area contributed by atoms with Crippen molar-refractivity contribution in [2.24, 2.45) is 23.7 Å². The Morgan fingerprint density at radius 2 is 1.77 bits per heavy atom. The molecule has 0 aromatic heterocycles. The number of fused-ring (bicyclic) bond motifs is 2. The number of anilines is 1. The van der Waals surface area contributed by atoms with E-state index in [1.807, 2.05) is 35.4 Å². The highest BCUT2D eigenvalue weighted by atomic mass is 35.5. The number of rotatable bonds is 7. The molecule has 0 spiro atoms. The van der Waals surface area contributed by atoms with Crippen molar-refractivity contribution in [2.75, 3.05) is 11.9 Å². The summed E-state index contributed by atoms with van der Waals surface area (Å²) in [5.41, 5.74) is 0.590. The second kappa shape index (κ2) is 11.6. The molecule has 2 aliphatic carbocycles. The van der Waals surface area contributed by atoms with Gasteiger partial charge in [0.25, 0.3) is 5.91 Å². The van der Waals surface area contributed by atoms with Crippen molar-refractivity contribution in [3.63, 3.8) is 0 Å². The van der Waals surface area contributed by atoms with Crippen molar-refractivity contribution in [1.82, 2.24) is 5.06 Å². The smallest absolute Gasteiger partial charge is 0.255 e. The van der Waals surface area contributed by atoms with Gasteiger partial charge in [0.15, 0.2) is 27.3 Å². The van der Waals surface area contributed by atoms with E-state index in [0.717, 1.165) is 11.6 Å². The summed E-state index contributed by atoms with van der Waals surface area (Å²) >= 11 is 6.40. The lowest BCUT2D eigenvalue weighted by Crippen LogP contribution is -2.41. The summed E-state index contributed by atoms with van der Waals surface area (Å²) in [5.74, 6) is -6.37. The second-order valence-corrected chi connectivity index (χ2v) is 13.8. The number of hydroxylamine groups is 2. The Morgan fingerprint density at radius 1 is 1.05 bits per heavy atom. The van der Waals surface area contributed by atoms with Crippen LogP contribution in [0.3, 0.4) is 0 Å². The third-order valence-corrected chi connectivity index (χ3v) is 11.8. The normalized spacial score (nSPS) is 26.9. The van der Waals surface area contributed by atoms with Crippen LogP contribution in [0, 0.1) is 52.5 Å². The molecule has 5 unspecified atom stereocenters. The van der Waals surface area contributed by atoms with Gasteiger partial charge in [-0.3, -0.25) is 9.63 Å². The molecule has 7 nitrogen and oxygen atoms in total. The lowest BCUT2D eigenvalue weighted by molar-refractivity contribution is -0.152. The average Bonchev–Trinajstić information content (AvgIpc) is 3.69. The number of hydrogen-bond acceptors (Lipinski definition) is 6. The molecule has 1 aliphatic heterocycles. The third kappa shape index (κ3) is 5.42. The molecule has 3 fully saturated rings. The summed E-state index contributed by atoms with van der Waals surface area (Å²) in [6.07, 6.45) is 2.01. The Hall–Kier alpha value is -3.43. The SMILES string of the molecule is N#CC1CON(Cc2ccccc2)C1C1C[C@@H]2CCC1C2S(=O)(=O)c1cc(C(=O)Nc2cc(F)c(F)c(F)c2)ccc1Cl. The monoisotopic (exact) mass is 629 g/mol. The van der Waals surface area contributed by atoms with E-state index < -0.39 is 44.4 Å². The van der Waals surface area contributed by atoms with Gasteiger partial charge in [0.05, 0.1) is 39.8 Å². The number of halogens is 4. The molecule has 3 aliphatic rings. The van der Waals surface area contributed by atoms with Gasteiger partial charge >= 0.3 is 0 Å². The average molecular weight is 630 g/mol. The maximum atomic E-state index is 14.2. The number of amides is 1. The molecule has 2 saturated carbocycles. The molecule has 1 N–H and O–H groups in total. The van der Waals surface area contributed by atoms with Crippen molar-refractivity contribution in [3.05, 3.63) is 94.3 Å². The number of carbonyl (C=O) groups excluding carboxylic acids is 1. The van der Waals surface area contributed by atoms with E-state index >= 15 is 0 Å². The van der Waals surface area contributed by atoms with Crippen LogP contribution < -0.4 is 5.32 Å². The Morgan fingerprint density at radius 3 is 2.47 bits per heavy atom.